The van der Waals surface area contributed by atoms with E-state index in [1.54, 1.807) is 24.3 Å². The lowest BCUT2D eigenvalue weighted by Crippen LogP contribution is -2.39. The van der Waals surface area contributed by atoms with Gasteiger partial charge in [0.25, 0.3) is 12.5 Å². The van der Waals surface area contributed by atoms with Crippen LogP contribution in [0, 0.1) is 0 Å². The van der Waals surface area contributed by atoms with Crippen LogP contribution in [0.15, 0.2) is 42.5 Å². The summed E-state index contributed by atoms with van der Waals surface area (Å²) in [5, 5.41) is 0.924. The fourth-order valence-corrected chi connectivity index (χ4v) is 1.84. The first-order valence-electron chi connectivity index (χ1n) is 5.84. The van der Waals surface area contributed by atoms with Crippen LogP contribution in [0.1, 0.15) is 10.4 Å². The zero-order chi connectivity index (χ0) is 15.6. The van der Waals surface area contributed by atoms with E-state index in [-0.39, 0.29) is 5.56 Å². The number of alkyl halides is 5. The first kappa shape index (κ1) is 15.2. The van der Waals surface area contributed by atoms with Crippen LogP contribution in [0.4, 0.5) is 22.0 Å². The molecule has 0 spiro atoms. The van der Waals surface area contributed by atoms with E-state index in [0.717, 1.165) is 0 Å². The van der Waals surface area contributed by atoms with Crippen LogP contribution in [0.5, 0.6) is 0 Å². The predicted octanol–water partition coefficient (Wildman–Crippen LogP) is 4.19. The van der Waals surface area contributed by atoms with Crippen molar-refractivity contribution in [3.63, 3.8) is 0 Å². The molecule has 21 heavy (non-hydrogen) atoms. The van der Waals surface area contributed by atoms with Gasteiger partial charge in [-0.3, -0.25) is 0 Å². The Morgan fingerprint density at radius 1 is 1.00 bits per heavy atom. The zero-order valence-electron chi connectivity index (χ0n) is 10.4. The molecule has 0 N–H and O–H groups in total. The van der Waals surface area contributed by atoms with Crippen LogP contribution < -0.4 is 0 Å². The summed E-state index contributed by atoms with van der Waals surface area (Å²) in [4.78, 5) is 11.8. The molecule has 2 aromatic rings. The lowest BCUT2D eigenvalue weighted by atomic mass is 10.0. The van der Waals surface area contributed by atoms with Crippen molar-refractivity contribution in [3.8, 4) is 0 Å². The highest BCUT2D eigenvalue weighted by Gasteiger charge is 2.49. The summed E-state index contributed by atoms with van der Waals surface area (Å²) in [6, 6.07) is 10.7. The first-order valence-corrected chi connectivity index (χ1v) is 5.84. The number of halogens is 5. The van der Waals surface area contributed by atoms with Gasteiger partial charge in [-0.25, -0.2) is 13.6 Å². The van der Waals surface area contributed by atoms with Gasteiger partial charge in [-0.15, -0.1) is 0 Å². The van der Waals surface area contributed by atoms with E-state index < -0.39 is 24.7 Å². The number of ether oxygens (including phenoxy) is 1. The molecule has 0 heterocycles. The van der Waals surface area contributed by atoms with Crippen LogP contribution in [-0.2, 0) is 4.74 Å². The van der Waals surface area contributed by atoms with E-state index in [9.17, 15) is 26.7 Å². The topological polar surface area (TPSA) is 26.3 Å². The molecule has 0 aromatic heterocycles. The van der Waals surface area contributed by atoms with E-state index in [0.29, 0.717) is 10.8 Å². The summed E-state index contributed by atoms with van der Waals surface area (Å²) in [6.07, 6.45) is -12.6. The zero-order valence-corrected chi connectivity index (χ0v) is 10.4. The van der Waals surface area contributed by atoms with E-state index in [4.69, 9.17) is 0 Å². The second kappa shape index (κ2) is 5.67. The molecule has 0 aliphatic heterocycles. The number of carbonyl (C=O) groups excluding carboxylic acids is 1. The normalized spacial score (nSPS) is 13.4. The Hall–Kier alpha value is -2.18. The molecule has 7 heteroatoms. The maximum absolute atomic E-state index is 12.4. The number of carbonyl (C=O) groups is 1. The van der Waals surface area contributed by atoms with Gasteiger partial charge in [0.2, 0.25) is 0 Å². The van der Waals surface area contributed by atoms with Gasteiger partial charge in [0.1, 0.15) is 0 Å². The van der Waals surface area contributed by atoms with Gasteiger partial charge in [0.15, 0.2) is 0 Å². The van der Waals surface area contributed by atoms with Gasteiger partial charge >= 0.3 is 12.1 Å². The molecule has 0 saturated carbocycles. The molecular formula is C14H9F5O2. The van der Waals surface area contributed by atoms with Gasteiger partial charge in [-0.2, -0.15) is 13.2 Å². The number of esters is 1. The molecule has 0 saturated heterocycles. The molecule has 1 unspecified atom stereocenters. The minimum Gasteiger partial charge on any atom is -0.443 e. The van der Waals surface area contributed by atoms with Crippen LogP contribution >= 0.6 is 0 Å². The van der Waals surface area contributed by atoms with Gasteiger partial charge < -0.3 is 4.74 Å². The van der Waals surface area contributed by atoms with E-state index in [1.165, 1.54) is 18.2 Å². The number of hydrogen-bond donors (Lipinski definition) is 0. The predicted molar refractivity (Wildman–Crippen MR) is 65.2 cm³/mol. The van der Waals surface area contributed by atoms with Crippen LogP contribution in [0.3, 0.4) is 0 Å². The van der Waals surface area contributed by atoms with Crippen molar-refractivity contribution >= 4 is 16.7 Å². The van der Waals surface area contributed by atoms with Gasteiger partial charge in [0, 0.05) is 0 Å². The quantitative estimate of drug-likeness (QED) is 0.628. The molecule has 0 aliphatic carbocycles. The van der Waals surface area contributed by atoms with Crippen molar-refractivity contribution in [3.05, 3.63) is 48.0 Å². The average Bonchev–Trinajstić information content (AvgIpc) is 2.42. The van der Waals surface area contributed by atoms with Crippen molar-refractivity contribution in [2.45, 2.75) is 18.7 Å². The molecular weight excluding hydrogens is 295 g/mol. The smallest absolute Gasteiger partial charge is 0.431 e. The largest absolute Gasteiger partial charge is 0.443 e. The second-order valence-corrected chi connectivity index (χ2v) is 4.23. The van der Waals surface area contributed by atoms with Crippen LogP contribution in [-0.4, -0.2) is 24.7 Å². The van der Waals surface area contributed by atoms with Crippen molar-refractivity contribution in [2.24, 2.45) is 0 Å². The third-order valence-electron chi connectivity index (χ3n) is 2.80. The van der Waals surface area contributed by atoms with Crippen LogP contribution in [0.25, 0.3) is 10.8 Å². The SMILES string of the molecule is O=C(OC(C(F)F)C(F)(F)F)c1cccc2ccccc12. The van der Waals surface area contributed by atoms with Crippen molar-refractivity contribution in [1.82, 2.24) is 0 Å². The Bertz CT molecular complexity index is 646. The molecule has 1 atom stereocenters. The fraction of sp³-hybridized carbons (Fsp3) is 0.214. The third-order valence-corrected chi connectivity index (χ3v) is 2.80. The maximum Gasteiger partial charge on any atom is 0.431 e. The summed E-state index contributed by atoms with van der Waals surface area (Å²) in [7, 11) is 0. The number of rotatable bonds is 3. The van der Waals surface area contributed by atoms with E-state index in [1.807, 2.05) is 0 Å². The number of hydrogen-bond acceptors (Lipinski definition) is 2. The molecule has 0 aliphatic rings. The van der Waals surface area contributed by atoms with E-state index >= 15 is 0 Å². The Balaban J connectivity index is 2.34. The minimum absolute atomic E-state index is 0.192. The average molecular weight is 304 g/mol. The Labute approximate surface area is 116 Å². The molecule has 0 bridgehead atoms. The molecule has 112 valence electrons. The Morgan fingerprint density at radius 3 is 2.24 bits per heavy atom. The van der Waals surface area contributed by atoms with Crippen molar-refractivity contribution in [2.75, 3.05) is 0 Å². The standard InChI is InChI=1S/C14H9F5O2/c15-12(16)11(14(17,18)19)21-13(20)10-7-3-5-8-4-1-2-6-9(8)10/h1-7,11-12H. The highest BCUT2D eigenvalue weighted by atomic mass is 19.4. The first-order chi connectivity index (χ1) is 9.80. The highest BCUT2D eigenvalue weighted by molar-refractivity contribution is 6.04. The van der Waals surface area contributed by atoms with Crippen molar-refractivity contribution < 1.29 is 31.5 Å². The third kappa shape index (κ3) is 3.29. The summed E-state index contributed by atoms with van der Waals surface area (Å²) in [5.41, 5.74) is -0.192. The van der Waals surface area contributed by atoms with E-state index in [2.05, 4.69) is 4.74 Å². The summed E-state index contributed by atoms with van der Waals surface area (Å²) >= 11 is 0. The molecule has 2 rings (SSSR count). The Kier molecular flexibility index (Phi) is 4.11. The molecule has 2 aromatic carbocycles. The second-order valence-electron chi connectivity index (χ2n) is 4.23. The molecule has 0 radical (unpaired) electrons. The molecule has 2 nitrogen and oxygen atoms in total. The number of benzene rings is 2. The summed E-state index contributed by atoms with van der Waals surface area (Å²) < 4.78 is 65.9. The Morgan fingerprint density at radius 2 is 1.62 bits per heavy atom. The van der Waals surface area contributed by atoms with Gasteiger partial charge in [-0.1, -0.05) is 36.4 Å². The summed E-state index contributed by atoms with van der Waals surface area (Å²) in [5.74, 6) is -1.44. The highest BCUT2D eigenvalue weighted by Crippen LogP contribution is 2.29. The fourth-order valence-electron chi connectivity index (χ4n) is 1.84. The molecule has 0 amide bonds. The van der Waals surface area contributed by atoms with Gasteiger partial charge in [0.05, 0.1) is 5.56 Å². The minimum atomic E-state index is -5.32. The number of fused-ring (bicyclic) bond motifs is 1. The molecule has 0 fully saturated rings. The summed E-state index contributed by atoms with van der Waals surface area (Å²) in [6.45, 7) is 0. The van der Waals surface area contributed by atoms with Crippen molar-refractivity contribution in [1.29, 1.82) is 0 Å². The van der Waals surface area contributed by atoms with Crippen LogP contribution in [0.2, 0.25) is 0 Å². The lowest BCUT2D eigenvalue weighted by Gasteiger charge is -2.20. The maximum atomic E-state index is 12.4. The lowest BCUT2D eigenvalue weighted by molar-refractivity contribution is -0.236. The van der Waals surface area contributed by atoms with Gasteiger partial charge in [-0.05, 0) is 16.8 Å². The monoisotopic (exact) mass is 304 g/mol.